The number of benzene rings is 1. The van der Waals surface area contributed by atoms with Crippen molar-refractivity contribution in [3.63, 3.8) is 0 Å². The monoisotopic (exact) mass is 389 g/mol. The summed E-state index contributed by atoms with van der Waals surface area (Å²) in [7, 11) is 0. The molecule has 2 aromatic heterocycles. The van der Waals surface area contributed by atoms with Gasteiger partial charge in [0.1, 0.15) is 0 Å². The summed E-state index contributed by atoms with van der Waals surface area (Å²) in [6, 6.07) is 10.9. The third-order valence-electron chi connectivity index (χ3n) is 4.98. The minimum Gasteiger partial charge on any atom is -0.352 e. The fraction of sp³-hybridized carbons (Fsp3) is 0.273. The van der Waals surface area contributed by atoms with Crippen molar-refractivity contribution in [2.24, 2.45) is 5.92 Å². The van der Waals surface area contributed by atoms with E-state index in [0.29, 0.717) is 12.1 Å². The van der Waals surface area contributed by atoms with Crippen LogP contribution in [-0.2, 0) is 11.3 Å². The van der Waals surface area contributed by atoms with Crippen LogP contribution in [0.1, 0.15) is 47.3 Å². The zero-order chi connectivity index (χ0) is 20.2. The molecule has 0 spiro atoms. The summed E-state index contributed by atoms with van der Waals surface area (Å²) in [6.07, 6.45) is 9.06. The molecule has 1 fully saturated rings. The van der Waals surface area contributed by atoms with Crippen LogP contribution in [0.5, 0.6) is 0 Å². The third kappa shape index (κ3) is 4.68. The standard InChI is InChI=1S/C22H23N5O2/c1-15(19-3-2-10-23-13-19)26-22(29)18-6-8-20(9-7-18)27-14-16(12-25-27)11-24-21(28)17-4-5-17/h2-3,6-10,12-15,17H,4-5,11H2,1H3,(H,24,28)(H,26,29)/t15-/m1/s1. The second-order valence-corrected chi connectivity index (χ2v) is 7.31. The van der Waals surface area contributed by atoms with Crippen LogP contribution in [0.15, 0.2) is 61.2 Å². The highest BCUT2D eigenvalue weighted by Crippen LogP contribution is 2.28. The van der Waals surface area contributed by atoms with Gasteiger partial charge in [-0.1, -0.05) is 6.07 Å². The molecule has 0 aliphatic heterocycles. The lowest BCUT2D eigenvalue weighted by atomic mass is 10.1. The predicted octanol–water partition coefficient (Wildman–Crippen LogP) is 2.78. The van der Waals surface area contributed by atoms with Crippen LogP contribution in [0.25, 0.3) is 5.69 Å². The maximum atomic E-state index is 12.5. The van der Waals surface area contributed by atoms with Crippen molar-refractivity contribution in [3.05, 3.63) is 77.9 Å². The second-order valence-electron chi connectivity index (χ2n) is 7.31. The number of rotatable bonds is 7. The Hall–Kier alpha value is -3.48. The highest BCUT2D eigenvalue weighted by molar-refractivity contribution is 5.94. The Labute approximate surface area is 169 Å². The summed E-state index contributed by atoms with van der Waals surface area (Å²) >= 11 is 0. The van der Waals surface area contributed by atoms with Crippen LogP contribution < -0.4 is 10.6 Å². The number of pyridine rings is 1. The number of nitrogens with zero attached hydrogens (tertiary/aromatic N) is 3. The molecular weight excluding hydrogens is 366 g/mol. The molecule has 7 nitrogen and oxygen atoms in total. The first kappa shape index (κ1) is 18.9. The van der Waals surface area contributed by atoms with Crippen molar-refractivity contribution in [2.75, 3.05) is 0 Å². The van der Waals surface area contributed by atoms with Gasteiger partial charge in [-0.15, -0.1) is 0 Å². The number of carbonyl (C=O) groups is 2. The topological polar surface area (TPSA) is 88.9 Å². The lowest BCUT2D eigenvalue weighted by molar-refractivity contribution is -0.122. The molecule has 7 heteroatoms. The summed E-state index contributed by atoms with van der Waals surface area (Å²) in [6.45, 7) is 2.40. The fourth-order valence-electron chi connectivity index (χ4n) is 3.03. The molecule has 0 unspecified atom stereocenters. The lowest BCUT2D eigenvalue weighted by Crippen LogP contribution is -2.26. The van der Waals surface area contributed by atoms with E-state index in [1.54, 1.807) is 35.4 Å². The van der Waals surface area contributed by atoms with E-state index in [4.69, 9.17) is 0 Å². The molecule has 0 saturated heterocycles. The molecule has 1 saturated carbocycles. The summed E-state index contributed by atoms with van der Waals surface area (Å²) in [4.78, 5) is 28.3. The number of aromatic nitrogens is 3. The van der Waals surface area contributed by atoms with Gasteiger partial charge in [0.05, 0.1) is 17.9 Å². The third-order valence-corrected chi connectivity index (χ3v) is 4.98. The van der Waals surface area contributed by atoms with E-state index >= 15 is 0 Å². The average molecular weight is 389 g/mol. The number of amides is 2. The van der Waals surface area contributed by atoms with Gasteiger partial charge in [-0.25, -0.2) is 4.68 Å². The van der Waals surface area contributed by atoms with E-state index in [2.05, 4.69) is 20.7 Å². The lowest BCUT2D eigenvalue weighted by Gasteiger charge is -2.14. The van der Waals surface area contributed by atoms with E-state index in [1.807, 2.05) is 37.4 Å². The van der Waals surface area contributed by atoms with Crippen LogP contribution in [-0.4, -0.2) is 26.6 Å². The fourth-order valence-corrected chi connectivity index (χ4v) is 3.03. The molecule has 2 heterocycles. The highest BCUT2D eigenvalue weighted by atomic mass is 16.2. The van der Waals surface area contributed by atoms with Crippen LogP contribution in [0.2, 0.25) is 0 Å². The molecule has 1 aromatic carbocycles. The van der Waals surface area contributed by atoms with E-state index in [-0.39, 0.29) is 23.8 Å². The van der Waals surface area contributed by atoms with Crippen molar-refractivity contribution in [3.8, 4) is 5.69 Å². The maximum Gasteiger partial charge on any atom is 0.251 e. The summed E-state index contributed by atoms with van der Waals surface area (Å²) < 4.78 is 1.73. The highest BCUT2D eigenvalue weighted by Gasteiger charge is 2.29. The van der Waals surface area contributed by atoms with Gasteiger partial charge in [0.25, 0.3) is 5.91 Å². The molecule has 1 aliphatic carbocycles. The van der Waals surface area contributed by atoms with Crippen molar-refractivity contribution >= 4 is 11.8 Å². The minimum atomic E-state index is -0.142. The molecule has 3 aromatic rings. The van der Waals surface area contributed by atoms with Crippen LogP contribution in [0.4, 0.5) is 0 Å². The molecule has 2 amide bonds. The van der Waals surface area contributed by atoms with Crippen molar-refractivity contribution < 1.29 is 9.59 Å². The van der Waals surface area contributed by atoms with Crippen LogP contribution >= 0.6 is 0 Å². The van der Waals surface area contributed by atoms with E-state index in [9.17, 15) is 9.59 Å². The summed E-state index contributed by atoms with van der Waals surface area (Å²) in [5.74, 6) is 0.176. The number of nitrogens with one attached hydrogen (secondary N) is 2. The van der Waals surface area contributed by atoms with Crippen molar-refractivity contribution in [1.82, 2.24) is 25.4 Å². The van der Waals surface area contributed by atoms with Gasteiger partial charge >= 0.3 is 0 Å². The number of hydrogen-bond donors (Lipinski definition) is 2. The zero-order valence-electron chi connectivity index (χ0n) is 16.2. The van der Waals surface area contributed by atoms with Crippen molar-refractivity contribution in [2.45, 2.75) is 32.4 Å². The molecule has 0 radical (unpaired) electrons. The first-order valence-corrected chi connectivity index (χ1v) is 9.72. The summed E-state index contributed by atoms with van der Waals surface area (Å²) in [5, 5.41) is 10.3. The smallest absolute Gasteiger partial charge is 0.251 e. The van der Waals surface area contributed by atoms with Gasteiger partial charge in [0.15, 0.2) is 0 Å². The zero-order valence-corrected chi connectivity index (χ0v) is 16.2. The molecule has 29 heavy (non-hydrogen) atoms. The van der Waals surface area contributed by atoms with Gasteiger partial charge in [-0.05, 0) is 55.7 Å². The Kier molecular flexibility index (Phi) is 5.37. The molecule has 148 valence electrons. The van der Waals surface area contributed by atoms with Crippen LogP contribution in [0, 0.1) is 5.92 Å². The number of carbonyl (C=O) groups excluding carboxylic acids is 2. The maximum absolute atomic E-state index is 12.5. The van der Waals surface area contributed by atoms with Crippen LogP contribution in [0.3, 0.4) is 0 Å². The first-order valence-electron chi connectivity index (χ1n) is 9.72. The van der Waals surface area contributed by atoms with E-state index < -0.39 is 0 Å². The molecule has 1 aliphatic rings. The Morgan fingerprint density at radius 1 is 1.17 bits per heavy atom. The molecule has 2 N–H and O–H groups in total. The van der Waals surface area contributed by atoms with Gasteiger partial charge < -0.3 is 10.6 Å². The minimum absolute atomic E-state index is 0.119. The average Bonchev–Trinajstić information content (AvgIpc) is 3.50. The largest absolute Gasteiger partial charge is 0.352 e. The Morgan fingerprint density at radius 2 is 1.97 bits per heavy atom. The van der Waals surface area contributed by atoms with Gasteiger partial charge in [0, 0.05) is 42.2 Å². The van der Waals surface area contributed by atoms with Crippen molar-refractivity contribution in [1.29, 1.82) is 0 Å². The van der Waals surface area contributed by atoms with Gasteiger partial charge in [0.2, 0.25) is 5.91 Å². The molecule has 1 atom stereocenters. The first-order chi connectivity index (χ1) is 14.1. The summed E-state index contributed by atoms with van der Waals surface area (Å²) in [5.41, 5.74) is 3.32. The van der Waals surface area contributed by atoms with Gasteiger partial charge in [-0.2, -0.15) is 5.10 Å². The SMILES string of the molecule is C[C@@H](NC(=O)c1ccc(-n2cc(CNC(=O)C3CC3)cn2)cc1)c1cccnc1. The molecular formula is C22H23N5O2. The van der Waals surface area contributed by atoms with E-state index in [0.717, 1.165) is 29.7 Å². The van der Waals surface area contributed by atoms with E-state index in [1.165, 1.54) is 0 Å². The Morgan fingerprint density at radius 3 is 2.66 bits per heavy atom. The predicted molar refractivity (Wildman–Crippen MR) is 108 cm³/mol. The van der Waals surface area contributed by atoms with Gasteiger partial charge in [-0.3, -0.25) is 14.6 Å². The Bertz CT molecular complexity index is 994. The Balaban J connectivity index is 1.36. The normalized spacial score (nSPS) is 14.2. The quantitative estimate of drug-likeness (QED) is 0.650. The number of hydrogen-bond acceptors (Lipinski definition) is 4. The molecule has 0 bridgehead atoms. The molecule has 4 rings (SSSR count). The second kappa shape index (κ2) is 8.26.